The number of thioether (sulfide) groups is 1. The molecule has 23 heavy (non-hydrogen) atoms. The second-order valence-electron chi connectivity index (χ2n) is 5.58. The van der Waals surface area contributed by atoms with E-state index in [2.05, 4.69) is 12.1 Å². The summed E-state index contributed by atoms with van der Waals surface area (Å²) in [7, 11) is 0. The molecule has 4 heteroatoms. The maximum atomic E-state index is 11.9. The lowest BCUT2D eigenvalue weighted by Crippen LogP contribution is -2.34. The molecule has 0 atom stereocenters. The Balaban J connectivity index is 2.41. The van der Waals surface area contributed by atoms with Gasteiger partial charge in [-0.1, -0.05) is 36.4 Å². The molecule has 0 aliphatic carbocycles. The first-order valence-corrected chi connectivity index (χ1v) is 8.48. The molecule has 0 fully saturated rings. The number of rotatable bonds is 4. The number of hydrogen-bond donors (Lipinski definition) is 0. The lowest BCUT2D eigenvalue weighted by molar-refractivity contribution is -0.124. The van der Waals surface area contributed by atoms with Crippen LogP contribution in [0.5, 0.6) is 0 Å². The van der Waals surface area contributed by atoms with Crippen LogP contribution in [0.1, 0.15) is 30.5 Å². The Morgan fingerprint density at radius 2 is 1.61 bits per heavy atom. The zero-order valence-electron chi connectivity index (χ0n) is 13.9. The SMILES string of the molecule is CC(=O)N(C(C)=O)c1c(C)cc(C)cc1SCc1ccccc1. The number of anilines is 1. The lowest BCUT2D eigenvalue weighted by Gasteiger charge is -2.23. The largest absolute Gasteiger partial charge is 0.274 e. The molecule has 0 aliphatic heterocycles. The zero-order valence-corrected chi connectivity index (χ0v) is 14.7. The average Bonchev–Trinajstić information content (AvgIpc) is 2.48. The van der Waals surface area contributed by atoms with Gasteiger partial charge in [-0.25, -0.2) is 4.90 Å². The van der Waals surface area contributed by atoms with Crippen molar-refractivity contribution in [2.24, 2.45) is 0 Å². The average molecular weight is 327 g/mol. The summed E-state index contributed by atoms with van der Waals surface area (Å²) in [6, 6.07) is 14.2. The predicted octanol–water partition coefficient (Wildman–Crippen LogP) is 4.50. The summed E-state index contributed by atoms with van der Waals surface area (Å²) < 4.78 is 0. The molecule has 0 heterocycles. The molecule has 2 amide bonds. The standard InChI is InChI=1S/C19H21NO2S/c1-13-10-14(2)19(20(15(3)21)16(4)22)18(11-13)23-12-17-8-6-5-7-9-17/h5-11H,12H2,1-4H3. The van der Waals surface area contributed by atoms with Crippen LogP contribution in [0, 0.1) is 13.8 Å². The number of amides is 2. The Kier molecular flexibility index (Phi) is 5.61. The van der Waals surface area contributed by atoms with Gasteiger partial charge in [0.05, 0.1) is 5.69 Å². The van der Waals surface area contributed by atoms with Crippen LogP contribution < -0.4 is 4.90 Å². The number of carbonyl (C=O) groups excluding carboxylic acids is 2. The second-order valence-corrected chi connectivity index (χ2v) is 6.59. The van der Waals surface area contributed by atoms with E-state index in [0.29, 0.717) is 5.69 Å². The molecule has 120 valence electrons. The van der Waals surface area contributed by atoms with Gasteiger partial charge < -0.3 is 0 Å². The topological polar surface area (TPSA) is 37.4 Å². The molecule has 0 aliphatic rings. The summed E-state index contributed by atoms with van der Waals surface area (Å²) in [6.07, 6.45) is 0. The first-order valence-electron chi connectivity index (χ1n) is 7.49. The van der Waals surface area contributed by atoms with Gasteiger partial charge in [-0.3, -0.25) is 9.59 Å². The van der Waals surface area contributed by atoms with Crippen molar-refractivity contribution in [3.8, 4) is 0 Å². The highest BCUT2D eigenvalue weighted by atomic mass is 32.2. The third kappa shape index (κ3) is 4.23. The van der Waals surface area contributed by atoms with Crippen molar-refractivity contribution in [1.82, 2.24) is 0 Å². The van der Waals surface area contributed by atoms with Crippen LogP contribution in [0.3, 0.4) is 0 Å². The molecule has 0 bridgehead atoms. The van der Waals surface area contributed by atoms with Gasteiger partial charge in [-0.05, 0) is 36.6 Å². The fourth-order valence-corrected chi connectivity index (χ4v) is 3.76. The molecular weight excluding hydrogens is 306 g/mol. The van der Waals surface area contributed by atoms with E-state index >= 15 is 0 Å². The van der Waals surface area contributed by atoms with Crippen molar-refractivity contribution in [2.45, 2.75) is 38.3 Å². The van der Waals surface area contributed by atoms with Gasteiger partial charge in [0, 0.05) is 24.5 Å². The molecule has 0 saturated carbocycles. The van der Waals surface area contributed by atoms with Crippen LogP contribution in [0.2, 0.25) is 0 Å². The highest BCUT2D eigenvalue weighted by Gasteiger charge is 2.22. The number of imide groups is 1. The Morgan fingerprint density at radius 3 is 2.17 bits per heavy atom. The summed E-state index contributed by atoms with van der Waals surface area (Å²) >= 11 is 1.65. The summed E-state index contributed by atoms with van der Waals surface area (Å²) in [6.45, 7) is 6.81. The van der Waals surface area contributed by atoms with Crippen molar-refractivity contribution in [1.29, 1.82) is 0 Å². The molecule has 0 aromatic heterocycles. The molecule has 2 rings (SSSR count). The highest BCUT2D eigenvalue weighted by molar-refractivity contribution is 7.98. The summed E-state index contributed by atoms with van der Waals surface area (Å²) in [5.74, 6) is 0.275. The van der Waals surface area contributed by atoms with E-state index in [0.717, 1.165) is 21.8 Å². The second kappa shape index (κ2) is 7.47. The van der Waals surface area contributed by atoms with E-state index in [-0.39, 0.29) is 11.8 Å². The molecule has 0 N–H and O–H groups in total. The van der Waals surface area contributed by atoms with Crippen molar-refractivity contribution in [2.75, 3.05) is 4.90 Å². The minimum absolute atomic E-state index is 0.258. The first kappa shape index (κ1) is 17.3. The molecule has 2 aromatic rings. The Bertz CT molecular complexity index is 712. The van der Waals surface area contributed by atoms with E-state index in [1.54, 1.807) is 11.8 Å². The molecular formula is C19H21NO2S. The van der Waals surface area contributed by atoms with Crippen LogP contribution in [-0.2, 0) is 15.3 Å². The van der Waals surface area contributed by atoms with E-state index in [1.807, 2.05) is 44.2 Å². The monoisotopic (exact) mass is 327 g/mol. The molecule has 2 aromatic carbocycles. The van der Waals surface area contributed by atoms with Gasteiger partial charge in [-0.15, -0.1) is 11.8 Å². The number of aryl methyl sites for hydroxylation is 2. The van der Waals surface area contributed by atoms with Crippen molar-refractivity contribution >= 4 is 29.3 Å². The van der Waals surface area contributed by atoms with Gasteiger partial charge in [0.15, 0.2) is 0 Å². The number of hydrogen-bond acceptors (Lipinski definition) is 3. The third-order valence-electron chi connectivity index (χ3n) is 3.50. The number of nitrogens with zero attached hydrogens (tertiary/aromatic N) is 1. The number of carbonyl (C=O) groups is 2. The smallest absolute Gasteiger partial charge is 0.230 e. The van der Waals surface area contributed by atoms with Gasteiger partial charge >= 0.3 is 0 Å². The van der Waals surface area contributed by atoms with Crippen LogP contribution in [-0.4, -0.2) is 11.8 Å². The van der Waals surface area contributed by atoms with E-state index in [1.165, 1.54) is 24.3 Å². The van der Waals surface area contributed by atoms with Crippen molar-refractivity contribution in [3.63, 3.8) is 0 Å². The van der Waals surface area contributed by atoms with Crippen molar-refractivity contribution in [3.05, 3.63) is 59.2 Å². The maximum Gasteiger partial charge on any atom is 0.230 e. The summed E-state index contributed by atoms with van der Waals surface area (Å²) in [5.41, 5.74) is 3.97. The molecule has 0 unspecified atom stereocenters. The molecule has 3 nitrogen and oxygen atoms in total. The normalized spacial score (nSPS) is 10.4. The van der Waals surface area contributed by atoms with Gasteiger partial charge in [0.2, 0.25) is 11.8 Å². The lowest BCUT2D eigenvalue weighted by atomic mass is 10.1. The predicted molar refractivity (Wildman–Crippen MR) is 95.8 cm³/mol. The molecule has 0 spiro atoms. The van der Waals surface area contributed by atoms with E-state index in [9.17, 15) is 9.59 Å². The van der Waals surface area contributed by atoms with Crippen LogP contribution >= 0.6 is 11.8 Å². The van der Waals surface area contributed by atoms with Crippen LogP contribution in [0.15, 0.2) is 47.4 Å². The van der Waals surface area contributed by atoms with Gasteiger partial charge in [0.1, 0.15) is 0 Å². The Hall–Kier alpha value is -2.07. The van der Waals surface area contributed by atoms with Crippen LogP contribution in [0.4, 0.5) is 5.69 Å². The molecule has 0 saturated heterocycles. The quantitative estimate of drug-likeness (QED) is 0.776. The van der Waals surface area contributed by atoms with E-state index < -0.39 is 0 Å². The minimum atomic E-state index is -0.258. The van der Waals surface area contributed by atoms with Gasteiger partial charge in [0.25, 0.3) is 0 Å². The third-order valence-corrected chi connectivity index (χ3v) is 4.60. The first-order chi connectivity index (χ1) is 10.9. The minimum Gasteiger partial charge on any atom is -0.274 e. The van der Waals surface area contributed by atoms with Crippen molar-refractivity contribution < 1.29 is 9.59 Å². The number of benzene rings is 2. The summed E-state index contributed by atoms with van der Waals surface area (Å²) in [4.78, 5) is 26.1. The zero-order chi connectivity index (χ0) is 17.0. The fraction of sp³-hybridized carbons (Fsp3) is 0.263. The Labute approximate surface area is 141 Å². The molecule has 0 radical (unpaired) electrons. The highest BCUT2D eigenvalue weighted by Crippen LogP contribution is 2.36. The Morgan fingerprint density at radius 1 is 1.00 bits per heavy atom. The summed E-state index contributed by atoms with van der Waals surface area (Å²) in [5, 5.41) is 0. The van der Waals surface area contributed by atoms with E-state index in [4.69, 9.17) is 0 Å². The van der Waals surface area contributed by atoms with Gasteiger partial charge in [-0.2, -0.15) is 0 Å². The maximum absolute atomic E-state index is 11.9. The fourth-order valence-electron chi connectivity index (χ4n) is 2.59. The van der Waals surface area contributed by atoms with Crippen LogP contribution in [0.25, 0.3) is 0 Å².